The van der Waals surface area contributed by atoms with Gasteiger partial charge in [0.2, 0.25) is 0 Å². The highest BCUT2D eigenvalue weighted by atomic mass is 35.5. The summed E-state index contributed by atoms with van der Waals surface area (Å²) < 4.78 is 14.7. The van der Waals surface area contributed by atoms with Gasteiger partial charge in [-0.25, -0.2) is 9.97 Å². The van der Waals surface area contributed by atoms with Gasteiger partial charge < -0.3 is 14.0 Å². The second-order valence-corrected chi connectivity index (χ2v) is 9.03. The van der Waals surface area contributed by atoms with Gasteiger partial charge in [-0.3, -0.25) is 0 Å². The lowest BCUT2D eigenvalue weighted by molar-refractivity contribution is -0.157. The molecule has 0 radical (unpaired) electrons. The Morgan fingerprint density at radius 3 is 2.50 bits per heavy atom. The van der Waals surface area contributed by atoms with E-state index in [0.29, 0.717) is 15.2 Å². The van der Waals surface area contributed by atoms with Crippen molar-refractivity contribution < 1.29 is 9.47 Å². The van der Waals surface area contributed by atoms with Gasteiger partial charge in [-0.1, -0.05) is 34.8 Å². The largest absolute Gasteiger partial charge is 0.344 e. The Morgan fingerprint density at radius 2 is 1.75 bits per heavy atom. The number of hydrogen-bond donors (Lipinski definition) is 0. The van der Waals surface area contributed by atoms with Gasteiger partial charge >= 0.3 is 0 Å². The van der Waals surface area contributed by atoms with Crippen molar-refractivity contribution >= 4 is 45.8 Å². The van der Waals surface area contributed by atoms with Crippen LogP contribution in [0.4, 0.5) is 0 Å². The van der Waals surface area contributed by atoms with Gasteiger partial charge in [0.15, 0.2) is 5.79 Å². The normalized spacial score (nSPS) is 28.8. The van der Waals surface area contributed by atoms with Crippen molar-refractivity contribution in [3.05, 3.63) is 57.6 Å². The Labute approximate surface area is 177 Å². The Hall–Kier alpha value is -1.37. The maximum atomic E-state index is 6.32. The summed E-state index contributed by atoms with van der Waals surface area (Å²) in [5.41, 5.74) is 1.85. The van der Waals surface area contributed by atoms with E-state index < -0.39 is 5.79 Å². The number of nitrogens with zero attached hydrogens (tertiary/aromatic N) is 3. The predicted octanol–water partition coefficient (Wildman–Crippen LogP) is 5.64. The molecule has 5 rings (SSSR count). The van der Waals surface area contributed by atoms with E-state index >= 15 is 0 Å². The van der Waals surface area contributed by atoms with Crippen LogP contribution in [0, 0.1) is 0 Å². The molecule has 0 unspecified atom stereocenters. The van der Waals surface area contributed by atoms with Crippen LogP contribution in [0.5, 0.6) is 0 Å². The summed E-state index contributed by atoms with van der Waals surface area (Å²) in [5.74, 6) is -0.563. The molecule has 0 N–H and O–H groups in total. The molecule has 3 heterocycles. The van der Waals surface area contributed by atoms with Crippen LogP contribution in [0.25, 0.3) is 11.0 Å². The molecule has 4 atom stereocenters. The van der Waals surface area contributed by atoms with Gasteiger partial charge in [0.1, 0.15) is 23.2 Å². The molecule has 2 fully saturated rings. The topological polar surface area (TPSA) is 49.2 Å². The van der Waals surface area contributed by atoms with Gasteiger partial charge in [0.25, 0.3) is 0 Å². The predicted molar refractivity (Wildman–Crippen MR) is 109 cm³/mol. The van der Waals surface area contributed by atoms with E-state index in [-0.39, 0.29) is 24.2 Å². The third-order valence-electron chi connectivity index (χ3n) is 5.57. The maximum Gasteiger partial charge on any atom is 0.163 e. The lowest BCUT2D eigenvalue weighted by Gasteiger charge is -2.24. The summed E-state index contributed by atoms with van der Waals surface area (Å²) in [7, 11) is 0. The fraction of sp³-hybridized carbons (Fsp3) is 0.400. The summed E-state index contributed by atoms with van der Waals surface area (Å²) in [6.45, 7) is 3.88. The summed E-state index contributed by atoms with van der Waals surface area (Å²) in [4.78, 5) is 8.53. The number of halogens is 3. The highest BCUT2D eigenvalue weighted by Gasteiger charge is 2.55. The van der Waals surface area contributed by atoms with Crippen LogP contribution in [0.2, 0.25) is 15.2 Å². The zero-order valence-electron chi connectivity index (χ0n) is 15.3. The molecular weight excluding hydrogens is 421 g/mol. The molecule has 0 bridgehead atoms. The van der Waals surface area contributed by atoms with Crippen LogP contribution in [0.15, 0.2) is 36.8 Å². The van der Waals surface area contributed by atoms with E-state index in [1.54, 1.807) is 6.07 Å². The summed E-state index contributed by atoms with van der Waals surface area (Å²) >= 11 is 18.8. The van der Waals surface area contributed by atoms with Crippen molar-refractivity contribution in [1.29, 1.82) is 0 Å². The number of benzene rings is 1. The van der Waals surface area contributed by atoms with Gasteiger partial charge in [-0.05, 0) is 50.1 Å². The van der Waals surface area contributed by atoms with E-state index in [4.69, 9.17) is 44.3 Å². The number of aromatic nitrogens is 3. The molecule has 28 heavy (non-hydrogen) atoms. The first-order chi connectivity index (χ1) is 13.3. The minimum atomic E-state index is -0.662. The van der Waals surface area contributed by atoms with Crippen LogP contribution < -0.4 is 0 Å². The first-order valence-corrected chi connectivity index (χ1v) is 10.2. The number of ether oxygens (including phenoxy) is 2. The van der Waals surface area contributed by atoms with Gasteiger partial charge in [-0.2, -0.15) is 0 Å². The van der Waals surface area contributed by atoms with Crippen molar-refractivity contribution in [2.24, 2.45) is 0 Å². The summed E-state index contributed by atoms with van der Waals surface area (Å²) in [6, 6.07) is 7.64. The molecule has 146 valence electrons. The molecule has 0 spiro atoms. The zero-order valence-corrected chi connectivity index (χ0v) is 17.5. The third-order valence-corrected chi connectivity index (χ3v) is 6.30. The van der Waals surface area contributed by atoms with Crippen molar-refractivity contribution in [1.82, 2.24) is 14.5 Å². The molecule has 3 aromatic rings. The maximum absolute atomic E-state index is 6.32. The second-order valence-electron chi connectivity index (χ2n) is 7.80. The highest BCUT2D eigenvalue weighted by molar-refractivity contribution is 6.34. The van der Waals surface area contributed by atoms with Crippen molar-refractivity contribution in [3.63, 3.8) is 0 Å². The molecule has 8 heteroatoms. The number of fused-ring (bicyclic) bond motifs is 2. The standard InChI is InChI=1S/C20H18Cl3N3O2/c1-20(2)27-16-14(10-5-11(21)7-12(22)6-10)8-15(17(16)28-20)26-4-3-13-18(23)24-9-25-19(13)26/h3-7,9,14-17H,8H2,1-2H3/t14-,15-,16-,17+/m1/s1. The van der Waals surface area contributed by atoms with E-state index in [9.17, 15) is 0 Å². The summed E-state index contributed by atoms with van der Waals surface area (Å²) in [5, 5.41) is 2.51. The van der Waals surface area contributed by atoms with Gasteiger partial charge in [0.05, 0.1) is 17.5 Å². The Balaban J connectivity index is 1.60. The lowest BCUT2D eigenvalue weighted by atomic mass is 9.95. The van der Waals surface area contributed by atoms with E-state index in [2.05, 4.69) is 14.5 Å². The van der Waals surface area contributed by atoms with E-state index in [1.807, 2.05) is 38.2 Å². The Kier molecular flexibility index (Phi) is 4.38. The summed E-state index contributed by atoms with van der Waals surface area (Å²) in [6.07, 6.45) is 4.06. The minimum absolute atomic E-state index is 0.0398. The molecule has 1 aliphatic carbocycles. The quantitative estimate of drug-likeness (QED) is 0.486. The van der Waals surface area contributed by atoms with Crippen LogP contribution >= 0.6 is 34.8 Å². The second kappa shape index (κ2) is 6.57. The van der Waals surface area contributed by atoms with Crippen LogP contribution in [-0.2, 0) is 9.47 Å². The molecule has 1 aromatic carbocycles. The highest BCUT2D eigenvalue weighted by Crippen LogP contribution is 2.52. The molecule has 1 saturated heterocycles. The molecule has 2 aromatic heterocycles. The first-order valence-electron chi connectivity index (χ1n) is 9.11. The smallest absolute Gasteiger partial charge is 0.163 e. The molecule has 1 aliphatic heterocycles. The SMILES string of the molecule is CC1(C)O[C@@H]2[C@H](O1)[C@@H](c1cc(Cl)cc(Cl)c1)C[C@H]2n1ccc2c(Cl)ncnc21. The van der Waals surface area contributed by atoms with Crippen LogP contribution in [0.3, 0.4) is 0 Å². The van der Waals surface area contributed by atoms with Crippen molar-refractivity contribution in [2.75, 3.05) is 0 Å². The molecule has 0 amide bonds. The molecule has 1 saturated carbocycles. The number of rotatable bonds is 2. The minimum Gasteiger partial charge on any atom is -0.344 e. The average molecular weight is 439 g/mol. The van der Waals surface area contributed by atoms with Gasteiger partial charge in [0, 0.05) is 22.2 Å². The lowest BCUT2D eigenvalue weighted by Crippen LogP contribution is -2.27. The van der Waals surface area contributed by atoms with Crippen molar-refractivity contribution in [3.8, 4) is 0 Å². The third kappa shape index (κ3) is 3.01. The fourth-order valence-electron chi connectivity index (χ4n) is 4.55. The molecule has 2 aliphatic rings. The fourth-order valence-corrected chi connectivity index (χ4v) is 5.28. The monoisotopic (exact) mass is 437 g/mol. The van der Waals surface area contributed by atoms with Crippen molar-refractivity contribution in [2.45, 2.75) is 50.2 Å². The first kappa shape index (κ1) is 18.6. The Morgan fingerprint density at radius 1 is 1.04 bits per heavy atom. The van der Waals surface area contributed by atoms with Gasteiger partial charge in [-0.15, -0.1) is 0 Å². The van der Waals surface area contributed by atoms with Crippen LogP contribution in [-0.4, -0.2) is 32.5 Å². The number of hydrogen-bond acceptors (Lipinski definition) is 4. The Bertz CT molecular complexity index is 1050. The molecular formula is C20H18Cl3N3O2. The zero-order chi connectivity index (χ0) is 19.6. The van der Waals surface area contributed by atoms with Crippen LogP contribution in [0.1, 0.15) is 37.8 Å². The molecule has 5 nitrogen and oxygen atoms in total. The average Bonchev–Trinajstić information content (AvgIpc) is 3.25. The van der Waals surface area contributed by atoms with E-state index in [1.165, 1.54) is 6.33 Å². The van der Waals surface area contributed by atoms with E-state index in [0.717, 1.165) is 23.0 Å².